The molecular weight excluding hydrogens is 732 g/mol. The van der Waals surface area contributed by atoms with Crippen LogP contribution in [0.5, 0.6) is 0 Å². The van der Waals surface area contributed by atoms with Crippen molar-refractivity contribution in [3.8, 4) is 0 Å². The van der Waals surface area contributed by atoms with E-state index in [0.717, 1.165) is 0 Å². The van der Waals surface area contributed by atoms with Crippen LogP contribution in [0.25, 0.3) is 0 Å². The van der Waals surface area contributed by atoms with Gasteiger partial charge in [-0.1, -0.05) is 5.94 Å². The van der Waals surface area contributed by atoms with E-state index < -0.39 is 18.0 Å². The van der Waals surface area contributed by atoms with Crippen LogP contribution in [0.1, 0.15) is 6.92 Å². The zero-order valence-corrected chi connectivity index (χ0v) is 22.3. The molecule has 0 aromatic heterocycles. The van der Waals surface area contributed by atoms with Crippen molar-refractivity contribution >= 4 is 27.7 Å². The first-order valence-electron chi connectivity index (χ1n) is 4.02. The SMILES string of the molecule is [B][C@@H]([CH-]O)NC(C)=O.[B][C@H]1[CH-]OC(=O)N1.[Rf].[Rf]. The molecule has 0 aliphatic carbocycles. The number of carbonyl (C=O) groups excluding carboxylic acids is 2. The van der Waals surface area contributed by atoms with Crippen LogP contribution in [-0.2, 0) is 9.53 Å². The van der Waals surface area contributed by atoms with Crippen LogP contribution in [-0.4, -0.2) is 44.7 Å². The van der Waals surface area contributed by atoms with E-state index in [9.17, 15) is 9.59 Å². The van der Waals surface area contributed by atoms with E-state index in [0.29, 0.717) is 6.61 Å². The molecule has 17 heavy (non-hydrogen) atoms. The molecule has 0 bridgehead atoms. The van der Waals surface area contributed by atoms with Crippen molar-refractivity contribution in [1.29, 1.82) is 0 Å². The van der Waals surface area contributed by atoms with Crippen molar-refractivity contribution < 1.29 is 19.4 Å². The fraction of sp³-hybridized carbons (Fsp3) is 0.429. The number of aliphatic hydroxyl groups is 1. The van der Waals surface area contributed by atoms with Crippen molar-refractivity contribution in [2.45, 2.75) is 18.8 Å². The standard InChI is InChI=1S/C4H7BNO2.C3H3BNO2.2Rf/c1-3(8)6-4(5)2-7;4-2-1-7-3(6)5-2;;/h2,4,7H,1H3,(H,6,8);1-2H,(H,5,6);;/q2*-1;;/t4-;2-;;/m11../s1. The zero-order valence-electron chi connectivity index (χ0n) is 9.55. The van der Waals surface area contributed by atoms with E-state index >= 15 is 0 Å². The molecule has 1 fully saturated rings. The van der Waals surface area contributed by atoms with Gasteiger partial charge in [-0.25, -0.2) is 11.4 Å². The monoisotopic (exact) mass is 742 g/mol. The topological polar surface area (TPSA) is 87.7 Å². The third kappa shape index (κ3) is 10.8. The molecule has 84 valence electrons. The maximum absolute atomic E-state index is 10.1. The molecular formula is C7H10B2N2O4Rf2-2. The number of carbonyl (C=O) groups is 2. The minimum Gasteiger partial charge on any atom is -0.620 e. The quantitative estimate of drug-likeness (QED) is 0.239. The Kier molecular flexibility index (Phi) is 10.7. The first-order valence-corrected chi connectivity index (χ1v) is 4.02. The maximum Gasteiger partial charge on any atom is 0.372 e. The molecule has 1 aliphatic rings. The number of aliphatic hydroxyl groups excluding tert-OH is 1. The fourth-order valence-electron chi connectivity index (χ4n) is 0.611. The molecule has 0 unspecified atom stereocenters. The van der Waals surface area contributed by atoms with Gasteiger partial charge in [0, 0.05) is 6.92 Å². The Morgan fingerprint density at radius 1 is 1.71 bits per heavy atom. The molecule has 10 heteroatoms. The molecule has 4 radical (unpaired) electrons. The molecule has 2 amide bonds. The van der Waals surface area contributed by atoms with E-state index in [1.54, 1.807) is 0 Å². The number of cyclic esters (lactones) is 1. The number of ether oxygens (including phenoxy) is 1. The predicted octanol–water partition coefficient (Wildman–Crippen LogP) is -1.47. The number of rotatable bonds is 2. The van der Waals surface area contributed by atoms with Crippen molar-refractivity contribution in [3.63, 3.8) is 0 Å². The normalized spacial score (nSPS) is 18.0. The summed E-state index contributed by atoms with van der Waals surface area (Å²) in [6, 6.07) is 0. The van der Waals surface area contributed by atoms with Crippen LogP contribution in [0.2, 0.25) is 0 Å². The van der Waals surface area contributed by atoms with E-state index in [1.165, 1.54) is 13.5 Å². The molecule has 2 atom stereocenters. The number of hydrogen-bond acceptors (Lipinski definition) is 4. The van der Waals surface area contributed by atoms with E-state index in [-0.39, 0.29) is 5.91 Å². The Morgan fingerprint density at radius 2 is 2.24 bits per heavy atom. The summed E-state index contributed by atoms with van der Waals surface area (Å²) in [5.41, 5.74) is 0. The minimum atomic E-state index is -0.743. The van der Waals surface area contributed by atoms with E-state index in [1.807, 2.05) is 0 Å². The van der Waals surface area contributed by atoms with Crippen LogP contribution in [0.4, 0.5) is 4.79 Å². The van der Waals surface area contributed by atoms with E-state index in [2.05, 4.69) is 15.4 Å². The number of hydrogen-bond donors (Lipinski definition) is 3. The average Bonchev–Trinajstić information content (AvgIpc) is 2.49. The molecule has 0 aromatic rings. The molecule has 0 aromatic carbocycles. The smallest absolute Gasteiger partial charge is 0.372 e. The Balaban J connectivity index is -0.000000207. The van der Waals surface area contributed by atoms with Gasteiger partial charge in [-0.2, -0.15) is 0 Å². The van der Waals surface area contributed by atoms with Gasteiger partial charge in [0.1, 0.15) is 0 Å². The third-order valence-electron chi connectivity index (χ3n) is 1.14. The van der Waals surface area contributed by atoms with Gasteiger partial charge in [0.05, 0.1) is 15.7 Å². The second-order valence-corrected chi connectivity index (χ2v) is 2.59. The summed E-state index contributed by atoms with van der Waals surface area (Å²) >= 11 is 0. The van der Waals surface area contributed by atoms with Gasteiger partial charge in [0.25, 0.3) is 0 Å². The summed E-state index contributed by atoms with van der Waals surface area (Å²) in [6.45, 7) is 3.27. The Morgan fingerprint density at radius 3 is 2.35 bits per heavy atom. The van der Waals surface area contributed by atoms with Crippen molar-refractivity contribution in [2.24, 2.45) is 0 Å². The second-order valence-electron chi connectivity index (χ2n) is 2.59. The van der Waals surface area contributed by atoms with Gasteiger partial charge < -0.3 is 20.5 Å². The van der Waals surface area contributed by atoms with Gasteiger partial charge in [-0.05, 0) is 0 Å². The van der Waals surface area contributed by atoms with Crippen LogP contribution in [0.15, 0.2) is 0 Å². The fourth-order valence-corrected chi connectivity index (χ4v) is 0.611. The number of amides is 2. The van der Waals surface area contributed by atoms with Crippen molar-refractivity contribution in [2.75, 3.05) is 0 Å². The van der Waals surface area contributed by atoms with Gasteiger partial charge >= 0.3 is 6.09 Å². The summed E-state index contributed by atoms with van der Waals surface area (Å²) in [7, 11) is 10.1. The number of alkyl carbamates (subject to hydrolysis) is 1. The zero-order chi connectivity index (χ0) is 11.8. The summed E-state index contributed by atoms with van der Waals surface area (Å²) in [5.74, 6) is -1.43. The predicted molar refractivity (Wildman–Crippen MR) is 53.1 cm³/mol. The van der Waals surface area contributed by atoms with Gasteiger partial charge in [0.2, 0.25) is 5.91 Å². The van der Waals surface area contributed by atoms with Crippen molar-refractivity contribution in [1.82, 2.24) is 10.6 Å². The average molecular weight is 742 g/mol. The summed E-state index contributed by atoms with van der Waals surface area (Å²) in [4.78, 5) is 20.1. The maximum atomic E-state index is 10.1. The summed E-state index contributed by atoms with van der Waals surface area (Å²) in [5, 5.41) is 12.6. The Labute approximate surface area is 90.6 Å². The molecule has 3 N–H and O–H groups in total. The first kappa shape index (κ1) is 19.4. The van der Waals surface area contributed by atoms with Crippen LogP contribution < -0.4 is 10.6 Å². The van der Waals surface area contributed by atoms with Crippen LogP contribution in [0.3, 0.4) is 0 Å². The van der Waals surface area contributed by atoms with Crippen molar-refractivity contribution in [3.05, 3.63) is 13.2 Å². The molecule has 1 heterocycles. The molecule has 1 saturated heterocycles. The van der Waals surface area contributed by atoms with Gasteiger partial charge in [-0.3, -0.25) is 4.79 Å². The van der Waals surface area contributed by atoms with Gasteiger partial charge in [0.15, 0.2) is 0 Å². The largest absolute Gasteiger partial charge is 0.620 e. The first-order chi connectivity index (χ1) is 6.95. The van der Waals surface area contributed by atoms with Crippen LogP contribution in [0, 0.1) is 13.2 Å². The van der Waals surface area contributed by atoms with E-state index in [4.69, 9.17) is 20.8 Å². The summed E-state index contributed by atoms with van der Waals surface area (Å²) < 4.78 is 4.27. The molecule has 1 aliphatic heterocycles. The Bertz CT molecular complexity index is 236. The molecule has 0 saturated carbocycles. The van der Waals surface area contributed by atoms with Crippen LogP contribution >= 0.6 is 0 Å². The number of nitrogens with one attached hydrogen (secondary N) is 2. The molecule has 1 rings (SSSR count). The molecule has 0 spiro atoms. The third-order valence-corrected chi connectivity index (χ3v) is 1.14. The molecule has 6 nitrogen and oxygen atoms in total. The second kappa shape index (κ2) is 9.39. The Hall–Kier alpha value is -3.17. The summed E-state index contributed by atoms with van der Waals surface area (Å²) in [6.07, 6.45) is -0.479. The van der Waals surface area contributed by atoms with Gasteiger partial charge in [-0.15, -0.1) is 12.5 Å². The minimum absolute atomic E-state index is 0.